The van der Waals surface area contributed by atoms with Gasteiger partial charge in [0.1, 0.15) is 0 Å². The van der Waals surface area contributed by atoms with Gasteiger partial charge in [0.25, 0.3) is 5.69 Å². The summed E-state index contributed by atoms with van der Waals surface area (Å²) in [5.74, 6) is 0. The highest BCUT2D eigenvalue weighted by atomic mass is 16.6. The standard InChI is InChI=1S/C9H9N3O2/c1-7-8(3-2-5-10)11-6-4-9(7)12(13)14/h4,6H,2-3H2,1H3. The van der Waals surface area contributed by atoms with Gasteiger partial charge < -0.3 is 0 Å². The maximum atomic E-state index is 10.6. The Labute approximate surface area is 81.2 Å². The van der Waals surface area contributed by atoms with Crippen molar-refractivity contribution >= 4 is 5.69 Å². The van der Waals surface area contributed by atoms with Crippen LogP contribution in [0.1, 0.15) is 17.7 Å². The lowest BCUT2D eigenvalue weighted by atomic mass is 10.1. The maximum absolute atomic E-state index is 10.6. The van der Waals surface area contributed by atoms with Gasteiger partial charge in [0, 0.05) is 30.7 Å². The Morgan fingerprint density at radius 3 is 3.00 bits per heavy atom. The second-order valence-corrected chi connectivity index (χ2v) is 2.82. The van der Waals surface area contributed by atoms with Gasteiger partial charge in [-0.3, -0.25) is 15.1 Å². The minimum Gasteiger partial charge on any atom is -0.260 e. The molecule has 0 aliphatic heterocycles. The first-order chi connectivity index (χ1) is 6.66. The van der Waals surface area contributed by atoms with Crippen molar-refractivity contribution in [3.63, 3.8) is 0 Å². The van der Waals surface area contributed by atoms with Crippen LogP contribution in [0, 0.1) is 28.4 Å². The van der Waals surface area contributed by atoms with Crippen LogP contribution in [0.3, 0.4) is 0 Å². The topological polar surface area (TPSA) is 79.8 Å². The van der Waals surface area contributed by atoms with Crippen molar-refractivity contribution in [2.45, 2.75) is 19.8 Å². The van der Waals surface area contributed by atoms with Crippen LogP contribution in [0.15, 0.2) is 12.3 Å². The summed E-state index contributed by atoms with van der Waals surface area (Å²) in [4.78, 5) is 14.1. The number of aromatic nitrogens is 1. The number of pyridine rings is 1. The minimum atomic E-state index is -0.438. The quantitative estimate of drug-likeness (QED) is 0.538. The van der Waals surface area contributed by atoms with Crippen molar-refractivity contribution in [3.05, 3.63) is 33.6 Å². The summed E-state index contributed by atoms with van der Waals surface area (Å²) in [6.45, 7) is 1.65. The van der Waals surface area contributed by atoms with Gasteiger partial charge in [-0.2, -0.15) is 5.26 Å². The number of nitro groups is 1. The van der Waals surface area contributed by atoms with E-state index in [1.54, 1.807) is 6.92 Å². The molecule has 5 nitrogen and oxygen atoms in total. The van der Waals surface area contributed by atoms with Crippen molar-refractivity contribution in [2.75, 3.05) is 0 Å². The van der Waals surface area contributed by atoms with E-state index in [1.165, 1.54) is 12.3 Å². The van der Waals surface area contributed by atoms with Crippen LogP contribution < -0.4 is 0 Å². The molecule has 0 fully saturated rings. The fourth-order valence-electron chi connectivity index (χ4n) is 1.19. The molecule has 1 heterocycles. The number of hydrogen-bond donors (Lipinski definition) is 0. The van der Waals surface area contributed by atoms with Crippen molar-refractivity contribution < 1.29 is 4.92 Å². The first kappa shape index (κ1) is 10.1. The van der Waals surface area contributed by atoms with Gasteiger partial charge >= 0.3 is 0 Å². The number of nitrogens with zero attached hydrogens (tertiary/aromatic N) is 3. The molecule has 1 aromatic heterocycles. The first-order valence-corrected chi connectivity index (χ1v) is 4.12. The zero-order valence-corrected chi connectivity index (χ0v) is 7.73. The molecule has 5 heteroatoms. The molecule has 0 saturated heterocycles. The molecule has 0 aliphatic rings. The van der Waals surface area contributed by atoms with E-state index >= 15 is 0 Å². The lowest BCUT2D eigenvalue weighted by Crippen LogP contribution is -1.99. The van der Waals surface area contributed by atoms with Crippen LogP contribution in [0.25, 0.3) is 0 Å². The van der Waals surface area contributed by atoms with Crippen LogP contribution in [0.2, 0.25) is 0 Å². The summed E-state index contributed by atoms with van der Waals surface area (Å²) >= 11 is 0. The molecule has 0 N–H and O–H groups in total. The molecule has 0 atom stereocenters. The second-order valence-electron chi connectivity index (χ2n) is 2.82. The van der Waals surface area contributed by atoms with E-state index in [4.69, 9.17) is 5.26 Å². The SMILES string of the molecule is Cc1c([N+](=O)[O-])ccnc1CCC#N. The van der Waals surface area contributed by atoms with Crippen LogP contribution in [0.5, 0.6) is 0 Å². The Morgan fingerprint density at radius 2 is 2.43 bits per heavy atom. The number of rotatable bonds is 3. The number of nitriles is 1. The lowest BCUT2D eigenvalue weighted by molar-refractivity contribution is -0.385. The molecular weight excluding hydrogens is 182 g/mol. The average Bonchev–Trinajstić information content (AvgIpc) is 2.16. The summed E-state index contributed by atoms with van der Waals surface area (Å²) in [7, 11) is 0. The summed E-state index contributed by atoms with van der Waals surface area (Å²) in [5.41, 5.74) is 1.24. The zero-order chi connectivity index (χ0) is 10.6. The van der Waals surface area contributed by atoms with Gasteiger partial charge in [-0.15, -0.1) is 0 Å². The van der Waals surface area contributed by atoms with E-state index in [9.17, 15) is 10.1 Å². The largest absolute Gasteiger partial charge is 0.275 e. The van der Waals surface area contributed by atoms with Crippen molar-refractivity contribution in [1.82, 2.24) is 4.98 Å². The van der Waals surface area contributed by atoms with Gasteiger partial charge in [0.15, 0.2) is 0 Å². The molecule has 0 radical (unpaired) electrons. The Morgan fingerprint density at radius 1 is 1.71 bits per heavy atom. The molecule has 1 rings (SSSR count). The molecule has 72 valence electrons. The van der Waals surface area contributed by atoms with Gasteiger partial charge in [0.05, 0.1) is 16.7 Å². The molecule has 0 unspecified atom stereocenters. The maximum Gasteiger partial charge on any atom is 0.275 e. The normalized spacial score (nSPS) is 9.43. The third-order valence-corrected chi connectivity index (χ3v) is 1.95. The van der Waals surface area contributed by atoms with E-state index in [0.29, 0.717) is 24.1 Å². The monoisotopic (exact) mass is 191 g/mol. The van der Waals surface area contributed by atoms with Crippen LogP contribution >= 0.6 is 0 Å². The fraction of sp³-hybridized carbons (Fsp3) is 0.333. The van der Waals surface area contributed by atoms with Crippen molar-refractivity contribution in [3.8, 4) is 6.07 Å². The van der Waals surface area contributed by atoms with Gasteiger partial charge in [-0.1, -0.05) is 0 Å². The summed E-state index contributed by atoms with van der Waals surface area (Å²) < 4.78 is 0. The van der Waals surface area contributed by atoms with Crippen LogP contribution in [0.4, 0.5) is 5.69 Å². The number of hydrogen-bond acceptors (Lipinski definition) is 4. The third kappa shape index (κ3) is 2.04. The van der Waals surface area contributed by atoms with Crippen LogP contribution in [-0.4, -0.2) is 9.91 Å². The van der Waals surface area contributed by atoms with Gasteiger partial charge in [0.2, 0.25) is 0 Å². The van der Waals surface area contributed by atoms with E-state index in [-0.39, 0.29) is 5.69 Å². The zero-order valence-electron chi connectivity index (χ0n) is 7.73. The van der Waals surface area contributed by atoms with E-state index < -0.39 is 4.92 Å². The van der Waals surface area contributed by atoms with E-state index in [2.05, 4.69) is 4.98 Å². The summed E-state index contributed by atoms with van der Waals surface area (Å²) in [6.07, 6.45) is 2.19. The minimum absolute atomic E-state index is 0.0629. The van der Waals surface area contributed by atoms with E-state index in [0.717, 1.165) is 0 Å². The molecule has 0 spiro atoms. The highest BCUT2D eigenvalue weighted by molar-refractivity contribution is 5.40. The fourth-order valence-corrected chi connectivity index (χ4v) is 1.19. The first-order valence-electron chi connectivity index (χ1n) is 4.12. The highest BCUT2D eigenvalue weighted by Gasteiger charge is 2.13. The van der Waals surface area contributed by atoms with Crippen molar-refractivity contribution in [1.29, 1.82) is 5.26 Å². The summed E-state index contributed by atoms with van der Waals surface area (Å²) in [6, 6.07) is 3.35. The van der Waals surface area contributed by atoms with Crippen LogP contribution in [-0.2, 0) is 6.42 Å². The summed E-state index contributed by atoms with van der Waals surface area (Å²) in [5, 5.41) is 18.9. The molecule has 0 saturated carbocycles. The third-order valence-electron chi connectivity index (χ3n) is 1.95. The molecule has 0 aliphatic carbocycles. The Bertz CT molecular complexity index is 396. The second kappa shape index (κ2) is 4.33. The average molecular weight is 191 g/mol. The Kier molecular flexibility index (Phi) is 3.13. The van der Waals surface area contributed by atoms with Gasteiger partial charge in [-0.05, 0) is 6.92 Å². The molecule has 0 amide bonds. The van der Waals surface area contributed by atoms with Gasteiger partial charge in [-0.25, -0.2) is 0 Å². The lowest BCUT2D eigenvalue weighted by Gasteiger charge is -2.01. The number of aryl methyl sites for hydroxylation is 1. The molecule has 1 aromatic rings. The molecule has 14 heavy (non-hydrogen) atoms. The van der Waals surface area contributed by atoms with Crippen molar-refractivity contribution in [2.24, 2.45) is 0 Å². The van der Waals surface area contributed by atoms with E-state index in [1.807, 2.05) is 6.07 Å². The Balaban J connectivity index is 3.02. The Hall–Kier alpha value is -1.96. The predicted molar refractivity (Wildman–Crippen MR) is 49.6 cm³/mol. The highest BCUT2D eigenvalue weighted by Crippen LogP contribution is 2.19. The molecular formula is C9H9N3O2. The predicted octanol–water partition coefficient (Wildman–Crippen LogP) is 1.75. The molecule has 0 aromatic carbocycles. The smallest absolute Gasteiger partial charge is 0.260 e. The molecule has 0 bridgehead atoms.